The van der Waals surface area contributed by atoms with E-state index in [0.29, 0.717) is 12.6 Å². The molecule has 24 heavy (non-hydrogen) atoms. The Morgan fingerprint density at radius 2 is 2.08 bits per heavy atom. The van der Waals surface area contributed by atoms with Crippen molar-refractivity contribution in [1.29, 1.82) is 0 Å². The Hall–Kier alpha value is -1.40. The van der Waals surface area contributed by atoms with Crippen molar-refractivity contribution in [2.45, 2.75) is 44.7 Å². The number of nitrogens with zero attached hydrogens (tertiary/aromatic N) is 2. The third-order valence-electron chi connectivity index (χ3n) is 4.87. The van der Waals surface area contributed by atoms with E-state index in [4.69, 9.17) is 0 Å². The number of likely N-dealkylation sites (tertiary alicyclic amines) is 1. The fourth-order valence-corrected chi connectivity index (χ4v) is 4.05. The molecule has 1 aromatic rings. The summed E-state index contributed by atoms with van der Waals surface area (Å²) in [5.41, 5.74) is 0.557. The van der Waals surface area contributed by atoms with E-state index in [2.05, 4.69) is 44.3 Å². The van der Waals surface area contributed by atoms with Gasteiger partial charge in [0.15, 0.2) is 0 Å². The quantitative estimate of drug-likeness (QED) is 0.780. The van der Waals surface area contributed by atoms with Crippen LogP contribution in [0.15, 0.2) is 28.7 Å². The molecule has 2 heterocycles. The second-order valence-corrected chi connectivity index (χ2v) is 8.03. The van der Waals surface area contributed by atoms with Gasteiger partial charge >= 0.3 is 6.03 Å². The van der Waals surface area contributed by atoms with Gasteiger partial charge in [0.1, 0.15) is 5.54 Å². The van der Waals surface area contributed by atoms with Crippen molar-refractivity contribution in [1.82, 2.24) is 15.1 Å². The largest absolute Gasteiger partial charge is 0.325 e. The summed E-state index contributed by atoms with van der Waals surface area (Å²) < 4.78 is 1.11. The molecule has 0 saturated carbocycles. The van der Waals surface area contributed by atoms with Crippen molar-refractivity contribution in [2.24, 2.45) is 0 Å². The summed E-state index contributed by atoms with van der Waals surface area (Å²) >= 11 is 3.54. The zero-order chi connectivity index (χ0) is 17.3. The number of urea groups is 1. The molecule has 0 radical (unpaired) electrons. The fourth-order valence-electron chi connectivity index (χ4n) is 3.64. The highest BCUT2D eigenvalue weighted by Gasteiger charge is 2.43. The molecule has 1 atom stereocenters. The van der Waals surface area contributed by atoms with E-state index in [1.54, 1.807) is 13.8 Å². The van der Waals surface area contributed by atoms with Crippen LogP contribution in [0.4, 0.5) is 4.79 Å². The van der Waals surface area contributed by atoms with Gasteiger partial charge in [0, 0.05) is 23.6 Å². The van der Waals surface area contributed by atoms with Crippen LogP contribution in [0.3, 0.4) is 0 Å². The number of amides is 3. The molecule has 130 valence electrons. The molecule has 0 aromatic heterocycles. The second kappa shape index (κ2) is 6.84. The monoisotopic (exact) mass is 393 g/mol. The molecule has 6 heteroatoms. The lowest BCUT2D eigenvalue weighted by Crippen LogP contribution is -2.40. The topological polar surface area (TPSA) is 52.7 Å². The maximum Gasteiger partial charge on any atom is 0.325 e. The average Bonchev–Trinajstić information content (AvgIpc) is 3.05. The minimum atomic E-state index is -0.774. The second-order valence-electron chi connectivity index (χ2n) is 7.11. The molecular weight excluding hydrogens is 370 g/mol. The maximum absolute atomic E-state index is 12.2. The highest BCUT2D eigenvalue weighted by Crippen LogP contribution is 2.33. The van der Waals surface area contributed by atoms with Crippen molar-refractivity contribution in [3.8, 4) is 0 Å². The number of hydrogen-bond acceptors (Lipinski definition) is 3. The van der Waals surface area contributed by atoms with Crippen molar-refractivity contribution < 1.29 is 9.59 Å². The normalized spacial score (nSPS) is 23.8. The van der Waals surface area contributed by atoms with E-state index < -0.39 is 5.54 Å². The number of halogens is 1. The van der Waals surface area contributed by atoms with E-state index >= 15 is 0 Å². The third kappa shape index (κ3) is 3.49. The van der Waals surface area contributed by atoms with Crippen LogP contribution in [0.25, 0.3) is 0 Å². The van der Waals surface area contributed by atoms with Gasteiger partial charge in [-0.3, -0.25) is 14.6 Å². The smallest absolute Gasteiger partial charge is 0.324 e. The summed E-state index contributed by atoms with van der Waals surface area (Å²) in [5.74, 6) is -0.127. The molecule has 0 aliphatic carbocycles. The van der Waals surface area contributed by atoms with Gasteiger partial charge in [-0.15, -0.1) is 0 Å². The molecule has 0 unspecified atom stereocenters. The van der Waals surface area contributed by atoms with E-state index in [9.17, 15) is 9.59 Å². The predicted octanol–water partition coefficient (Wildman–Crippen LogP) is 3.31. The first-order valence-electron chi connectivity index (χ1n) is 8.52. The van der Waals surface area contributed by atoms with Crippen molar-refractivity contribution in [3.63, 3.8) is 0 Å². The molecular formula is C18H24BrN3O2. The molecule has 0 bridgehead atoms. The minimum absolute atomic E-state index is 0.127. The number of nitrogens with one attached hydrogen (secondary N) is 1. The molecule has 3 amide bonds. The van der Waals surface area contributed by atoms with E-state index in [1.165, 1.54) is 16.9 Å². The standard InChI is InChI=1S/C18H24BrN3O2/c1-18(2)16(23)22(17(24)20-18)11-5-10-21-9-4-8-15(21)13-6-3-7-14(19)12-13/h3,6-7,12,15H,4-5,8-11H2,1-2H3,(H,20,24)/t15-/m1/s1. The van der Waals surface area contributed by atoms with Crippen molar-refractivity contribution in [3.05, 3.63) is 34.3 Å². The van der Waals surface area contributed by atoms with Gasteiger partial charge in [0.2, 0.25) is 0 Å². The lowest BCUT2D eigenvalue weighted by atomic mass is 10.0. The molecule has 1 N–H and O–H groups in total. The molecule has 2 aliphatic rings. The van der Waals surface area contributed by atoms with E-state index in [0.717, 1.165) is 30.4 Å². The van der Waals surface area contributed by atoms with Gasteiger partial charge in [-0.05, 0) is 57.4 Å². The van der Waals surface area contributed by atoms with E-state index in [1.807, 2.05) is 6.07 Å². The molecule has 5 nitrogen and oxygen atoms in total. The zero-order valence-corrected chi connectivity index (χ0v) is 15.8. The highest BCUT2D eigenvalue weighted by molar-refractivity contribution is 9.10. The number of carbonyl (C=O) groups excluding carboxylic acids is 2. The van der Waals surface area contributed by atoms with Gasteiger partial charge in [-0.1, -0.05) is 28.1 Å². The first kappa shape index (κ1) is 17.4. The number of benzene rings is 1. The SMILES string of the molecule is CC1(C)NC(=O)N(CCCN2CCC[C@@H]2c2cccc(Br)c2)C1=O. The van der Waals surface area contributed by atoms with Gasteiger partial charge in [0.25, 0.3) is 5.91 Å². The molecule has 1 aromatic carbocycles. The molecule has 3 rings (SSSR count). The third-order valence-corrected chi connectivity index (χ3v) is 5.36. The Bertz CT molecular complexity index is 647. The predicted molar refractivity (Wildman–Crippen MR) is 96.6 cm³/mol. The van der Waals surface area contributed by atoms with Crippen LogP contribution in [0.5, 0.6) is 0 Å². The Balaban J connectivity index is 1.57. The van der Waals surface area contributed by atoms with Crippen LogP contribution in [-0.4, -0.2) is 46.9 Å². The van der Waals surface area contributed by atoms with Crippen LogP contribution in [-0.2, 0) is 4.79 Å². The van der Waals surface area contributed by atoms with Crippen LogP contribution in [0, 0.1) is 0 Å². The summed E-state index contributed by atoms with van der Waals surface area (Å²) in [6.45, 7) is 5.95. The highest BCUT2D eigenvalue weighted by atomic mass is 79.9. The number of carbonyl (C=O) groups is 2. The molecule has 2 aliphatic heterocycles. The summed E-state index contributed by atoms with van der Waals surface area (Å²) in [7, 11) is 0. The summed E-state index contributed by atoms with van der Waals surface area (Å²) in [6, 6.07) is 8.64. The Morgan fingerprint density at radius 3 is 2.75 bits per heavy atom. The van der Waals surface area contributed by atoms with Crippen LogP contribution < -0.4 is 5.32 Å². The first-order valence-corrected chi connectivity index (χ1v) is 9.31. The number of hydrogen-bond donors (Lipinski definition) is 1. The van der Waals surface area contributed by atoms with Gasteiger partial charge in [-0.25, -0.2) is 4.79 Å². The summed E-state index contributed by atoms with van der Waals surface area (Å²) in [5, 5.41) is 2.73. The first-order chi connectivity index (χ1) is 11.4. The fraction of sp³-hybridized carbons (Fsp3) is 0.556. The lowest BCUT2D eigenvalue weighted by Gasteiger charge is -2.25. The summed E-state index contributed by atoms with van der Waals surface area (Å²) in [6.07, 6.45) is 3.15. The van der Waals surface area contributed by atoms with Gasteiger partial charge in [0.05, 0.1) is 0 Å². The lowest BCUT2D eigenvalue weighted by molar-refractivity contribution is -0.130. The van der Waals surface area contributed by atoms with Crippen molar-refractivity contribution >= 4 is 27.9 Å². The average molecular weight is 394 g/mol. The van der Waals surface area contributed by atoms with Crippen LogP contribution in [0.1, 0.15) is 44.7 Å². The Kier molecular flexibility index (Phi) is 4.97. The molecule has 2 fully saturated rings. The maximum atomic E-state index is 12.2. The number of imide groups is 1. The molecule has 0 spiro atoms. The number of rotatable bonds is 5. The minimum Gasteiger partial charge on any atom is -0.324 e. The van der Waals surface area contributed by atoms with Crippen molar-refractivity contribution in [2.75, 3.05) is 19.6 Å². The van der Waals surface area contributed by atoms with Crippen LogP contribution in [0.2, 0.25) is 0 Å². The van der Waals surface area contributed by atoms with E-state index in [-0.39, 0.29) is 11.9 Å². The Labute approximate surface area is 151 Å². The van der Waals surface area contributed by atoms with Gasteiger partial charge < -0.3 is 5.32 Å². The Morgan fingerprint density at radius 1 is 1.29 bits per heavy atom. The summed E-state index contributed by atoms with van der Waals surface area (Å²) in [4.78, 5) is 28.0. The van der Waals surface area contributed by atoms with Crippen LogP contribution >= 0.6 is 15.9 Å². The van der Waals surface area contributed by atoms with Gasteiger partial charge in [-0.2, -0.15) is 0 Å². The molecule has 2 saturated heterocycles. The zero-order valence-electron chi connectivity index (χ0n) is 14.2.